The van der Waals surface area contributed by atoms with Crippen LogP contribution < -0.4 is 9.64 Å². The number of likely N-dealkylation sites (tertiary alicyclic amines) is 1. The zero-order chi connectivity index (χ0) is 17.9. The highest BCUT2D eigenvalue weighted by atomic mass is 16.7. The molecule has 2 heterocycles. The van der Waals surface area contributed by atoms with Gasteiger partial charge in [-0.15, -0.1) is 0 Å². The number of piperidine rings is 1. The summed E-state index contributed by atoms with van der Waals surface area (Å²) in [6.45, 7) is 3.87. The van der Waals surface area contributed by atoms with Crippen molar-refractivity contribution in [3.63, 3.8) is 0 Å². The summed E-state index contributed by atoms with van der Waals surface area (Å²) in [6, 6.07) is 7.10. The molecule has 0 aromatic heterocycles. The first-order valence-corrected chi connectivity index (χ1v) is 8.51. The van der Waals surface area contributed by atoms with Crippen LogP contribution in [0.3, 0.4) is 0 Å². The Morgan fingerprint density at radius 3 is 2.28 bits per heavy atom. The summed E-state index contributed by atoms with van der Waals surface area (Å²) in [7, 11) is 1.59. The van der Waals surface area contributed by atoms with Crippen LogP contribution in [0.2, 0.25) is 0 Å². The fourth-order valence-corrected chi connectivity index (χ4v) is 3.26. The summed E-state index contributed by atoms with van der Waals surface area (Å²) in [5, 5.41) is 0. The van der Waals surface area contributed by atoms with Crippen molar-refractivity contribution < 1.29 is 23.8 Å². The first kappa shape index (κ1) is 17.7. The fourth-order valence-electron chi connectivity index (χ4n) is 3.26. The van der Waals surface area contributed by atoms with Crippen molar-refractivity contribution in [1.29, 1.82) is 0 Å². The first-order chi connectivity index (χ1) is 12.0. The second-order valence-corrected chi connectivity index (χ2v) is 6.29. The topological polar surface area (TPSA) is 68.3 Å². The van der Waals surface area contributed by atoms with Crippen molar-refractivity contribution in [1.82, 2.24) is 4.90 Å². The van der Waals surface area contributed by atoms with E-state index in [0.29, 0.717) is 50.6 Å². The lowest BCUT2D eigenvalue weighted by Crippen LogP contribution is -2.50. The maximum atomic E-state index is 12.6. The average molecular weight is 348 g/mol. The highest BCUT2D eigenvalue weighted by Crippen LogP contribution is 2.31. The van der Waals surface area contributed by atoms with E-state index in [4.69, 9.17) is 14.2 Å². The van der Waals surface area contributed by atoms with E-state index in [2.05, 4.69) is 0 Å². The van der Waals surface area contributed by atoms with Crippen molar-refractivity contribution >= 4 is 17.5 Å². The van der Waals surface area contributed by atoms with Crippen molar-refractivity contribution in [2.24, 2.45) is 0 Å². The molecule has 1 aromatic carbocycles. The van der Waals surface area contributed by atoms with Crippen molar-refractivity contribution in [2.75, 3.05) is 44.9 Å². The molecule has 1 aromatic rings. The van der Waals surface area contributed by atoms with Gasteiger partial charge in [0.25, 0.3) is 0 Å². The normalized spacial score (nSPS) is 19.0. The molecule has 0 bridgehead atoms. The summed E-state index contributed by atoms with van der Waals surface area (Å²) >= 11 is 0. The quantitative estimate of drug-likeness (QED) is 0.823. The summed E-state index contributed by atoms with van der Waals surface area (Å²) in [6.07, 6.45) is 1.34. The summed E-state index contributed by atoms with van der Waals surface area (Å²) < 4.78 is 16.5. The van der Waals surface area contributed by atoms with E-state index in [1.807, 2.05) is 0 Å². The zero-order valence-corrected chi connectivity index (χ0v) is 14.7. The van der Waals surface area contributed by atoms with Crippen LogP contribution in [0.15, 0.2) is 24.3 Å². The van der Waals surface area contributed by atoms with Crippen molar-refractivity contribution in [3.8, 4) is 5.75 Å². The van der Waals surface area contributed by atoms with Crippen LogP contribution in [0, 0.1) is 0 Å². The van der Waals surface area contributed by atoms with E-state index in [1.54, 1.807) is 36.3 Å². The lowest BCUT2D eigenvalue weighted by molar-refractivity contribution is -0.187. The molecule has 0 aliphatic carbocycles. The maximum Gasteiger partial charge on any atom is 0.242 e. The Morgan fingerprint density at radius 2 is 1.76 bits per heavy atom. The number of methoxy groups -OCH3 is 1. The number of benzene rings is 1. The van der Waals surface area contributed by atoms with E-state index in [-0.39, 0.29) is 18.4 Å². The van der Waals surface area contributed by atoms with E-state index in [0.717, 1.165) is 0 Å². The third-order valence-corrected chi connectivity index (χ3v) is 4.75. The van der Waals surface area contributed by atoms with Crippen LogP contribution in [0.25, 0.3) is 0 Å². The molecule has 0 unspecified atom stereocenters. The van der Waals surface area contributed by atoms with Gasteiger partial charge in [0.1, 0.15) is 12.3 Å². The number of anilines is 1. The van der Waals surface area contributed by atoms with E-state index in [9.17, 15) is 9.59 Å². The predicted molar refractivity (Wildman–Crippen MR) is 91.5 cm³/mol. The van der Waals surface area contributed by atoms with Gasteiger partial charge >= 0.3 is 0 Å². The van der Waals surface area contributed by atoms with Gasteiger partial charge in [-0.05, 0) is 24.3 Å². The molecule has 2 aliphatic heterocycles. The number of ether oxygens (including phenoxy) is 3. The molecule has 136 valence electrons. The van der Waals surface area contributed by atoms with Gasteiger partial charge in [-0.1, -0.05) is 0 Å². The molecule has 2 amide bonds. The second kappa shape index (κ2) is 7.41. The van der Waals surface area contributed by atoms with Crippen LogP contribution in [0.4, 0.5) is 5.69 Å². The molecule has 0 atom stereocenters. The molecule has 0 saturated carbocycles. The number of nitrogens with zero attached hydrogens (tertiary/aromatic N) is 2. The fraction of sp³-hybridized carbons (Fsp3) is 0.556. The molecule has 2 saturated heterocycles. The molecule has 3 rings (SSSR count). The van der Waals surface area contributed by atoms with Gasteiger partial charge in [0.2, 0.25) is 11.8 Å². The van der Waals surface area contributed by atoms with Gasteiger partial charge in [0, 0.05) is 38.5 Å². The Kier molecular flexibility index (Phi) is 5.24. The number of hydrogen-bond donors (Lipinski definition) is 0. The third kappa shape index (κ3) is 3.93. The number of amides is 2. The van der Waals surface area contributed by atoms with Crippen LogP contribution >= 0.6 is 0 Å². The monoisotopic (exact) mass is 348 g/mol. The van der Waals surface area contributed by atoms with Gasteiger partial charge in [-0.25, -0.2) is 0 Å². The molecule has 7 nitrogen and oxygen atoms in total. The Labute approximate surface area is 147 Å². The van der Waals surface area contributed by atoms with E-state index in [1.165, 1.54) is 11.8 Å². The summed E-state index contributed by atoms with van der Waals surface area (Å²) in [4.78, 5) is 27.9. The van der Waals surface area contributed by atoms with Gasteiger partial charge in [-0.2, -0.15) is 0 Å². The molecule has 1 spiro atoms. The van der Waals surface area contributed by atoms with Crippen molar-refractivity contribution in [3.05, 3.63) is 24.3 Å². The maximum absolute atomic E-state index is 12.6. The first-order valence-electron chi connectivity index (χ1n) is 8.51. The lowest BCUT2D eigenvalue weighted by Gasteiger charge is -2.38. The second-order valence-electron chi connectivity index (χ2n) is 6.29. The Bertz CT molecular complexity index is 615. The minimum absolute atomic E-state index is 0.0242. The highest BCUT2D eigenvalue weighted by molar-refractivity contribution is 5.97. The smallest absolute Gasteiger partial charge is 0.242 e. The van der Waals surface area contributed by atoms with Crippen LogP contribution in [-0.2, 0) is 19.1 Å². The van der Waals surface area contributed by atoms with E-state index >= 15 is 0 Å². The molecule has 0 N–H and O–H groups in total. The standard InChI is InChI=1S/C18H24N2O5/c1-14(21)20(15-3-5-16(23-2)6-4-15)13-17(22)19-9-7-18(8-10-19)24-11-12-25-18/h3-6H,7-13H2,1-2H3. The number of carbonyl (C=O) groups excluding carboxylic acids is 2. The van der Waals surface area contributed by atoms with Crippen LogP contribution in [0.5, 0.6) is 5.75 Å². The molecule has 2 fully saturated rings. The van der Waals surface area contributed by atoms with Crippen LogP contribution in [-0.4, -0.2) is 62.5 Å². The number of rotatable bonds is 4. The Hall–Kier alpha value is -2.12. The third-order valence-electron chi connectivity index (χ3n) is 4.75. The minimum Gasteiger partial charge on any atom is -0.497 e. The number of carbonyl (C=O) groups is 2. The van der Waals surface area contributed by atoms with E-state index < -0.39 is 5.79 Å². The minimum atomic E-state index is -0.507. The van der Waals surface area contributed by atoms with Gasteiger partial charge in [0.15, 0.2) is 5.79 Å². The lowest BCUT2D eigenvalue weighted by atomic mass is 10.0. The Morgan fingerprint density at radius 1 is 1.16 bits per heavy atom. The zero-order valence-electron chi connectivity index (χ0n) is 14.7. The molecule has 7 heteroatoms. The van der Waals surface area contributed by atoms with Gasteiger partial charge in [-0.3, -0.25) is 9.59 Å². The number of hydrogen-bond acceptors (Lipinski definition) is 5. The summed E-state index contributed by atoms with van der Waals surface area (Å²) in [5.74, 6) is -0.0441. The Balaban J connectivity index is 1.62. The molecule has 2 aliphatic rings. The van der Waals surface area contributed by atoms with Crippen LogP contribution in [0.1, 0.15) is 19.8 Å². The molecule has 0 radical (unpaired) electrons. The van der Waals surface area contributed by atoms with Gasteiger partial charge < -0.3 is 24.0 Å². The van der Waals surface area contributed by atoms with Gasteiger partial charge in [0.05, 0.1) is 20.3 Å². The molecule has 25 heavy (non-hydrogen) atoms. The summed E-state index contributed by atoms with van der Waals surface area (Å²) in [5.41, 5.74) is 0.678. The molecular weight excluding hydrogens is 324 g/mol. The highest BCUT2D eigenvalue weighted by Gasteiger charge is 2.40. The SMILES string of the molecule is COc1ccc(N(CC(=O)N2CCC3(CC2)OCCO3)C(C)=O)cc1. The predicted octanol–water partition coefficient (Wildman–Crippen LogP) is 1.41. The largest absolute Gasteiger partial charge is 0.497 e. The van der Waals surface area contributed by atoms with Crippen molar-refractivity contribution in [2.45, 2.75) is 25.6 Å². The molecular formula is C18H24N2O5. The average Bonchev–Trinajstić information content (AvgIpc) is 3.08.